The Morgan fingerprint density at radius 2 is 1.51 bits per heavy atom. The number of Topliss-reactive ketones (excluding diaryl/α,β-unsaturated/α-hetero) is 1. The lowest BCUT2D eigenvalue weighted by atomic mass is 9.96. The summed E-state index contributed by atoms with van der Waals surface area (Å²) in [7, 11) is 0. The molecule has 0 aromatic heterocycles. The summed E-state index contributed by atoms with van der Waals surface area (Å²) in [6, 6.07) is 27.6. The molecule has 4 aromatic rings. The van der Waals surface area contributed by atoms with E-state index in [0.717, 1.165) is 34.7 Å². The molecule has 0 spiro atoms. The fraction of sp³-hybridized carbons (Fsp3) is 0.265. The maximum Gasteiger partial charge on any atom is 0.246 e. The zero-order valence-electron chi connectivity index (χ0n) is 23.2. The summed E-state index contributed by atoms with van der Waals surface area (Å²) in [4.78, 5) is 40.3. The van der Waals surface area contributed by atoms with Gasteiger partial charge in [-0.25, -0.2) is 0 Å². The average molecular weight is 550 g/mol. The Bertz CT molecular complexity index is 1530. The minimum absolute atomic E-state index is 0.00248. The number of benzene rings is 4. The number of ether oxygens (including phenoxy) is 1. The minimum atomic E-state index is -0.630. The zero-order valence-corrected chi connectivity index (χ0v) is 23.2. The van der Waals surface area contributed by atoms with Crippen LogP contribution in [0.15, 0.2) is 91.0 Å². The van der Waals surface area contributed by atoms with Gasteiger partial charge in [0.25, 0.3) is 0 Å². The molecule has 5 rings (SSSR count). The van der Waals surface area contributed by atoms with Crippen molar-refractivity contribution in [1.82, 2.24) is 10.2 Å². The molecule has 1 saturated heterocycles. The van der Waals surface area contributed by atoms with E-state index in [0.29, 0.717) is 43.0 Å². The standard InChI is InChI=1S/C34H35N3O4/c1-23(38)26-13-17-30(18-14-26)41-29-15-10-24(11-16-29)22-37-32(8-4-5-19-35)33(39)36-31(34(37)40)21-25-9-12-27-6-2-3-7-28(27)20-25/h2-3,6-7,9-18,20,31-32H,4-5,8,19,21-22,35H2,1H3,(H,36,39)/t31-,32-/m0/s1. The molecule has 1 heterocycles. The van der Waals surface area contributed by atoms with Gasteiger partial charge in [-0.15, -0.1) is 0 Å². The number of hydrogen-bond acceptors (Lipinski definition) is 5. The SMILES string of the molecule is CC(=O)c1ccc(Oc2ccc(CN3C(=O)[C@H](Cc4ccc5ccccc5c4)NC(=O)[C@@H]3CCCCN)cc2)cc1. The summed E-state index contributed by atoms with van der Waals surface area (Å²) in [5.74, 6) is 1.06. The molecule has 1 aliphatic heterocycles. The number of nitrogens with two attached hydrogens (primary N) is 1. The summed E-state index contributed by atoms with van der Waals surface area (Å²) in [6.45, 7) is 2.40. The van der Waals surface area contributed by atoms with E-state index in [4.69, 9.17) is 10.5 Å². The molecule has 4 aromatic carbocycles. The van der Waals surface area contributed by atoms with E-state index in [9.17, 15) is 14.4 Å². The van der Waals surface area contributed by atoms with E-state index in [1.54, 1.807) is 29.2 Å². The van der Waals surface area contributed by atoms with Gasteiger partial charge >= 0.3 is 0 Å². The smallest absolute Gasteiger partial charge is 0.246 e. The third-order valence-electron chi connectivity index (χ3n) is 7.53. The average Bonchev–Trinajstić information content (AvgIpc) is 2.98. The second-order valence-electron chi connectivity index (χ2n) is 10.5. The third kappa shape index (κ3) is 6.81. The minimum Gasteiger partial charge on any atom is -0.457 e. The van der Waals surface area contributed by atoms with Gasteiger partial charge in [0.1, 0.15) is 23.6 Å². The van der Waals surface area contributed by atoms with E-state index < -0.39 is 12.1 Å². The molecular weight excluding hydrogens is 514 g/mol. The molecule has 7 nitrogen and oxygen atoms in total. The van der Waals surface area contributed by atoms with Crippen molar-refractivity contribution < 1.29 is 19.1 Å². The lowest BCUT2D eigenvalue weighted by Crippen LogP contribution is -2.63. The van der Waals surface area contributed by atoms with Crippen LogP contribution in [0.4, 0.5) is 0 Å². The summed E-state index contributed by atoms with van der Waals surface area (Å²) >= 11 is 0. The first-order chi connectivity index (χ1) is 19.9. The number of nitrogens with one attached hydrogen (secondary N) is 1. The Morgan fingerprint density at radius 3 is 2.20 bits per heavy atom. The van der Waals surface area contributed by atoms with Crippen LogP contribution >= 0.6 is 0 Å². The molecule has 2 atom stereocenters. The van der Waals surface area contributed by atoms with Gasteiger partial charge in [-0.1, -0.05) is 54.6 Å². The maximum atomic E-state index is 13.8. The summed E-state index contributed by atoms with van der Waals surface area (Å²) in [6.07, 6.45) is 2.56. The van der Waals surface area contributed by atoms with E-state index in [1.807, 2.05) is 42.5 Å². The number of rotatable bonds is 11. The highest BCUT2D eigenvalue weighted by atomic mass is 16.5. The Kier molecular flexibility index (Phi) is 8.75. The van der Waals surface area contributed by atoms with Crippen molar-refractivity contribution in [1.29, 1.82) is 0 Å². The lowest BCUT2D eigenvalue weighted by molar-refractivity contribution is -0.150. The summed E-state index contributed by atoms with van der Waals surface area (Å²) in [5.41, 5.74) is 8.23. The van der Waals surface area contributed by atoms with E-state index in [2.05, 4.69) is 29.6 Å². The van der Waals surface area contributed by atoms with Gasteiger partial charge in [-0.2, -0.15) is 0 Å². The summed E-state index contributed by atoms with van der Waals surface area (Å²) < 4.78 is 5.93. The number of piperazine rings is 1. The molecule has 0 radical (unpaired) electrons. The van der Waals surface area contributed by atoms with Crippen molar-refractivity contribution in [3.05, 3.63) is 108 Å². The molecule has 41 heavy (non-hydrogen) atoms. The first-order valence-electron chi connectivity index (χ1n) is 14.1. The van der Waals surface area contributed by atoms with Crippen molar-refractivity contribution in [2.45, 2.75) is 51.2 Å². The second-order valence-corrected chi connectivity index (χ2v) is 10.5. The van der Waals surface area contributed by atoms with Crippen molar-refractivity contribution in [3.8, 4) is 11.5 Å². The Balaban J connectivity index is 1.31. The van der Waals surface area contributed by atoms with Gasteiger partial charge in [0.15, 0.2) is 5.78 Å². The number of ketones is 1. The van der Waals surface area contributed by atoms with Gasteiger partial charge in [0.2, 0.25) is 11.8 Å². The fourth-order valence-electron chi connectivity index (χ4n) is 5.28. The van der Waals surface area contributed by atoms with Crippen molar-refractivity contribution in [3.63, 3.8) is 0 Å². The molecule has 0 aliphatic carbocycles. The van der Waals surface area contributed by atoms with E-state index in [1.165, 1.54) is 6.92 Å². The first-order valence-corrected chi connectivity index (χ1v) is 14.1. The molecule has 7 heteroatoms. The van der Waals surface area contributed by atoms with Gasteiger partial charge in [-0.05, 0) is 91.0 Å². The maximum absolute atomic E-state index is 13.8. The van der Waals surface area contributed by atoms with Crippen molar-refractivity contribution in [2.24, 2.45) is 5.73 Å². The highest BCUT2D eigenvalue weighted by Gasteiger charge is 2.40. The molecule has 210 valence electrons. The number of unbranched alkanes of at least 4 members (excludes halogenated alkanes) is 1. The topological polar surface area (TPSA) is 102 Å². The number of nitrogens with zero attached hydrogens (tertiary/aromatic N) is 1. The molecule has 3 N–H and O–H groups in total. The van der Waals surface area contributed by atoms with E-state index in [-0.39, 0.29) is 17.6 Å². The predicted octanol–water partition coefficient (Wildman–Crippen LogP) is 5.40. The monoisotopic (exact) mass is 549 g/mol. The molecule has 1 aliphatic rings. The highest BCUT2D eigenvalue weighted by Crippen LogP contribution is 2.25. The Hall–Kier alpha value is -4.49. The van der Waals surface area contributed by atoms with Crippen LogP contribution in [0.25, 0.3) is 10.8 Å². The van der Waals surface area contributed by atoms with Crippen LogP contribution in [0.2, 0.25) is 0 Å². The molecular formula is C34H35N3O4. The third-order valence-corrected chi connectivity index (χ3v) is 7.53. The molecule has 0 saturated carbocycles. The largest absolute Gasteiger partial charge is 0.457 e. The number of carbonyl (C=O) groups is 3. The molecule has 0 bridgehead atoms. The predicted molar refractivity (Wildman–Crippen MR) is 160 cm³/mol. The Labute approximate surface area is 240 Å². The lowest BCUT2D eigenvalue weighted by Gasteiger charge is -2.39. The first kappa shape index (κ1) is 28.1. The molecule has 1 fully saturated rings. The fourth-order valence-corrected chi connectivity index (χ4v) is 5.28. The van der Waals surface area contributed by atoms with Gasteiger partial charge in [0, 0.05) is 18.5 Å². The summed E-state index contributed by atoms with van der Waals surface area (Å²) in [5, 5.41) is 5.24. The number of amides is 2. The molecule has 0 unspecified atom stereocenters. The number of fused-ring (bicyclic) bond motifs is 1. The van der Waals surface area contributed by atoms with Crippen LogP contribution in [0.1, 0.15) is 47.7 Å². The molecule has 2 amide bonds. The second kappa shape index (κ2) is 12.8. The quantitative estimate of drug-likeness (QED) is 0.193. The van der Waals surface area contributed by atoms with Crippen LogP contribution in [0.3, 0.4) is 0 Å². The normalized spacial score (nSPS) is 17.0. The van der Waals surface area contributed by atoms with Gasteiger partial charge < -0.3 is 20.7 Å². The van der Waals surface area contributed by atoms with Crippen LogP contribution in [-0.2, 0) is 22.6 Å². The Morgan fingerprint density at radius 1 is 0.854 bits per heavy atom. The highest BCUT2D eigenvalue weighted by molar-refractivity contribution is 5.97. The van der Waals surface area contributed by atoms with Crippen LogP contribution in [0, 0.1) is 0 Å². The zero-order chi connectivity index (χ0) is 28.8. The van der Waals surface area contributed by atoms with Crippen molar-refractivity contribution >= 4 is 28.4 Å². The van der Waals surface area contributed by atoms with Crippen molar-refractivity contribution in [2.75, 3.05) is 6.54 Å². The van der Waals surface area contributed by atoms with Crippen LogP contribution in [-0.4, -0.2) is 41.1 Å². The van der Waals surface area contributed by atoms with Crippen LogP contribution in [0.5, 0.6) is 11.5 Å². The number of hydrogen-bond donors (Lipinski definition) is 2. The van der Waals surface area contributed by atoms with E-state index >= 15 is 0 Å². The van der Waals surface area contributed by atoms with Crippen LogP contribution < -0.4 is 15.8 Å². The van der Waals surface area contributed by atoms with Gasteiger partial charge in [0.05, 0.1) is 0 Å². The van der Waals surface area contributed by atoms with Gasteiger partial charge in [-0.3, -0.25) is 14.4 Å². The number of carbonyl (C=O) groups excluding carboxylic acids is 3.